The second kappa shape index (κ2) is 7.31. The number of hydrogen-bond acceptors (Lipinski definition) is 5. The molecule has 0 saturated heterocycles. The molecule has 0 saturated carbocycles. The Kier molecular flexibility index (Phi) is 5.14. The van der Waals surface area contributed by atoms with E-state index in [1.807, 2.05) is 62.4 Å². The first-order chi connectivity index (χ1) is 11.6. The average molecular weight is 345 g/mol. The molecule has 0 aliphatic heterocycles. The topological polar surface area (TPSA) is 61.6 Å². The summed E-state index contributed by atoms with van der Waals surface area (Å²) in [5, 5.41) is 0. The Labute approximate surface area is 141 Å². The van der Waals surface area contributed by atoms with Crippen LogP contribution in [0.2, 0.25) is 0 Å². The van der Waals surface area contributed by atoms with Gasteiger partial charge in [-0.1, -0.05) is 24.3 Å². The molecule has 0 spiro atoms. The summed E-state index contributed by atoms with van der Waals surface area (Å²) in [6, 6.07) is 15.3. The van der Waals surface area contributed by atoms with Gasteiger partial charge in [0.25, 0.3) is 0 Å². The van der Waals surface area contributed by atoms with Crippen molar-refractivity contribution in [2.24, 2.45) is 0 Å². The first-order valence-corrected chi connectivity index (χ1v) is 9.69. The van der Waals surface area contributed by atoms with Gasteiger partial charge in [-0.25, -0.2) is 4.98 Å². The van der Waals surface area contributed by atoms with E-state index < -0.39 is 7.60 Å². The Bertz CT molecular complexity index is 814. The van der Waals surface area contributed by atoms with Gasteiger partial charge in [-0.05, 0) is 43.7 Å². The zero-order valence-electron chi connectivity index (χ0n) is 13.8. The summed E-state index contributed by atoms with van der Waals surface area (Å²) in [6.45, 7) is 4.33. The predicted molar refractivity (Wildman–Crippen MR) is 94.0 cm³/mol. The Morgan fingerprint density at radius 3 is 2.29 bits per heavy atom. The van der Waals surface area contributed by atoms with Gasteiger partial charge < -0.3 is 13.5 Å². The van der Waals surface area contributed by atoms with E-state index in [9.17, 15) is 4.57 Å². The number of para-hydroxylation sites is 2. The largest absolute Gasteiger partial charge is 0.436 e. The highest BCUT2D eigenvalue weighted by Gasteiger charge is 2.24. The number of nitrogens with zero attached hydrogens (tertiary/aromatic N) is 1. The number of fused-ring (bicyclic) bond motifs is 1. The predicted octanol–water partition coefficient (Wildman–Crippen LogP) is 5.26. The normalized spacial score (nSPS) is 11.9. The Morgan fingerprint density at radius 2 is 1.67 bits per heavy atom. The lowest BCUT2D eigenvalue weighted by Gasteiger charge is -2.16. The molecular weight excluding hydrogens is 325 g/mol. The lowest BCUT2D eigenvalue weighted by molar-refractivity contribution is 0.219. The standard InChI is InChI=1S/C18H20NO4P/c1-3-21-24(20,22-4-2)13-14-9-11-15(12-10-14)18-19-16-7-5-6-8-17(16)23-18/h5-12H,3-4,13H2,1-2H3. The molecule has 1 heterocycles. The van der Waals surface area contributed by atoms with Crippen molar-refractivity contribution in [2.75, 3.05) is 13.2 Å². The SMILES string of the molecule is CCOP(=O)(Cc1ccc(-c2nc3ccccc3o2)cc1)OCC. The van der Waals surface area contributed by atoms with E-state index in [1.165, 1.54) is 0 Å². The molecule has 2 aromatic carbocycles. The number of rotatable bonds is 7. The second-order valence-corrected chi connectivity index (χ2v) is 7.34. The van der Waals surface area contributed by atoms with E-state index in [-0.39, 0.29) is 6.16 Å². The van der Waals surface area contributed by atoms with E-state index in [0.717, 1.165) is 22.2 Å². The van der Waals surface area contributed by atoms with Crippen LogP contribution in [0.5, 0.6) is 0 Å². The molecule has 0 bridgehead atoms. The van der Waals surface area contributed by atoms with Gasteiger partial charge in [0, 0.05) is 5.56 Å². The van der Waals surface area contributed by atoms with Crippen LogP contribution < -0.4 is 0 Å². The molecule has 1 aromatic heterocycles. The van der Waals surface area contributed by atoms with Crippen LogP contribution in [0.1, 0.15) is 19.4 Å². The molecule has 5 nitrogen and oxygen atoms in total. The van der Waals surface area contributed by atoms with Crippen LogP contribution in [0.4, 0.5) is 0 Å². The van der Waals surface area contributed by atoms with Gasteiger partial charge in [0.05, 0.1) is 19.4 Å². The van der Waals surface area contributed by atoms with Crippen LogP contribution in [0.3, 0.4) is 0 Å². The molecule has 0 unspecified atom stereocenters. The summed E-state index contributed by atoms with van der Waals surface area (Å²) in [5.41, 5.74) is 3.35. The quantitative estimate of drug-likeness (QED) is 0.547. The number of benzene rings is 2. The van der Waals surface area contributed by atoms with Crippen molar-refractivity contribution in [1.82, 2.24) is 4.98 Å². The summed E-state index contributed by atoms with van der Waals surface area (Å²) in [5.74, 6) is 0.570. The highest BCUT2D eigenvalue weighted by atomic mass is 31.2. The number of hydrogen-bond donors (Lipinski definition) is 0. The fourth-order valence-electron chi connectivity index (χ4n) is 2.49. The minimum atomic E-state index is -3.09. The third-order valence-electron chi connectivity index (χ3n) is 3.52. The van der Waals surface area contributed by atoms with Crippen molar-refractivity contribution in [2.45, 2.75) is 20.0 Å². The van der Waals surface area contributed by atoms with Crippen molar-refractivity contribution < 1.29 is 18.0 Å². The van der Waals surface area contributed by atoms with Crippen molar-refractivity contribution >= 4 is 18.7 Å². The van der Waals surface area contributed by atoms with E-state index in [4.69, 9.17) is 13.5 Å². The van der Waals surface area contributed by atoms with Crippen LogP contribution in [-0.4, -0.2) is 18.2 Å². The molecule has 0 fully saturated rings. The molecule has 0 aliphatic rings. The fourth-order valence-corrected chi connectivity index (χ4v) is 4.20. The van der Waals surface area contributed by atoms with Crippen molar-refractivity contribution in [3.05, 3.63) is 54.1 Å². The molecule has 126 valence electrons. The first kappa shape index (κ1) is 16.9. The van der Waals surface area contributed by atoms with E-state index >= 15 is 0 Å². The summed E-state index contributed by atoms with van der Waals surface area (Å²) in [4.78, 5) is 4.48. The molecule has 0 atom stereocenters. The molecule has 0 aliphatic carbocycles. The lowest BCUT2D eigenvalue weighted by Crippen LogP contribution is -1.99. The van der Waals surface area contributed by atoms with E-state index in [0.29, 0.717) is 19.1 Å². The third kappa shape index (κ3) is 3.75. The first-order valence-electron chi connectivity index (χ1n) is 7.96. The monoisotopic (exact) mass is 345 g/mol. The smallest absolute Gasteiger partial charge is 0.335 e. The molecule has 0 N–H and O–H groups in total. The van der Waals surface area contributed by atoms with Crippen molar-refractivity contribution in [3.63, 3.8) is 0 Å². The molecule has 3 rings (SSSR count). The molecule has 3 aromatic rings. The molecular formula is C18H20NO4P. The van der Waals surface area contributed by atoms with Gasteiger partial charge in [0.1, 0.15) is 5.52 Å². The highest BCUT2D eigenvalue weighted by molar-refractivity contribution is 7.53. The van der Waals surface area contributed by atoms with Crippen LogP contribution >= 0.6 is 7.60 Å². The number of aromatic nitrogens is 1. The summed E-state index contributed by atoms with van der Waals surface area (Å²) >= 11 is 0. The van der Waals surface area contributed by atoms with E-state index in [2.05, 4.69) is 4.98 Å². The molecule has 24 heavy (non-hydrogen) atoms. The summed E-state index contributed by atoms with van der Waals surface area (Å²) in [7, 11) is -3.09. The molecule has 0 amide bonds. The zero-order chi connectivity index (χ0) is 17.0. The minimum Gasteiger partial charge on any atom is -0.436 e. The van der Waals surface area contributed by atoms with Crippen LogP contribution in [0.15, 0.2) is 52.9 Å². The Hall–Kier alpha value is -1.94. The fraction of sp³-hybridized carbons (Fsp3) is 0.278. The lowest BCUT2D eigenvalue weighted by atomic mass is 10.1. The maximum atomic E-state index is 12.6. The van der Waals surface area contributed by atoms with Crippen LogP contribution in [-0.2, 0) is 19.8 Å². The summed E-state index contributed by atoms with van der Waals surface area (Å²) < 4.78 is 29.0. The van der Waals surface area contributed by atoms with Crippen LogP contribution in [0.25, 0.3) is 22.6 Å². The van der Waals surface area contributed by atoms with Gasteiger partial charge in [-0.2, -0.15) is 0 Å². The Morgan fingerprint density at radius 1 is 1.00 bits per heavy atom. The van der Waals surface area contributed by atoms with Crippen LogP contribution in [0, 0.1) is 0 Å². The van der Waals surface area contributed by atoms with E-state index in [1.54, 1.807) is 0 Å². The molecule has 0 radical (unpaired) electrons. The molecule has 6 heteroatoms. The van der Waals surface area contributed by atoms with Gasteiger partial charge in [0.2, 0.25) is 5.89 Å². The Balaban J connectivity index is 1.81. The van der Waals surface area contributed by atoms with Gasteiger partial charge >= 0.3 is 7.60 Å². The third-order valence-corrected chi connectivity index (χ3v) is 5.58. The van der Waals surface area contributed by atoms with Crippen molar-refractivity contribution in [1.29, 1.82) is 0 Å². The maximum absolute atomic E-state index is 12.6. The summed E-state index contributed by atoms with van der Waals surface area (Å²) in [6.07, 6.45) is 0.252. The minimum absolute atomic E-state index is 0.252. The highest BCUT2D eigenvalue weighted by Crippen LogP contribution is 2.51. The second-order valence-electron chi connectivity index (χ2n) is 5.29. The zero-order valence-corrected chi connectivity index (χ0v) is 14.7. The number of oxazole rings is 1. The average Bonchev–Trinajstić information content (AvgIpc) is 3.00. The maximum Gasteiger partial charge on any atom is 0.335 e. The van der Waals surface area contributed by atoms with Gasteiger partial charge in [-0.15, -0.1) is 0 Å². The van der Waals surface area contributed by atoms with Gasteiger partial charge in [-0.3, -0.25) is 4.57 Å². The van der Waals surface area contributed by atoms with Gasteiger partial charge in [0.15, 0.2) is 5.58 Å². The van der Waals surface area contributed by atoms with Crippen molar-refractivity contribution in [3.8, 4) is 11.5 Å².